The number of halogens is 2. The van der Waals surface area contributed by atoms with Crippen LogP contribution in [0.2, 0.25) is 0 Å². The molecule has 2 unspecified atom stereocenters. The molecule has 1 spiro atoms. The average Bonchev–Trinajstić information content (AvgIpc) is 3.11. The van der Waals surface area contributed by atoms with Crippen LogP contribution in [0.15, 0.2) is 18.2 Å². The van der Waals surface area contributed by atoms with E-state index in [1.54, 1.807) is 19.2 Å². The molecule has 22 heavy (non-hydrogen) atoms. The van der Waals surface area contributed by atoms with Crippen molar-refractivity contribution in [2.24, 2.45) is 11.3 Å². The SMILES string of the molecule is CNC(=O)C1CCCC12CCN(Cc1cccc(F)c1F)C2. The molecule has 1 aromatic carbocycles. The summed E-state index contributed by atoms with van der Waals surface area (Å²) in [4.78, 5) is 14.3. The van der Waals surface area contributed by atoms with Gasteiger partial charge in [-0.15, -0.1) is 0 Å². The highest BCUT2D eigenvalue weighted by Crippen LogP contribution is 2.50. The molecule has 3 nitrogen and oxygen atoms in total. The van der Waals surface area contributed by atoms with Crippen molar-refractivity contribution in [1.29, 1.82) is 0 Å². The third-order valence-corrected chi connectivity index (χ3v) is 5.36. The van der Waals surface area contributed by atoms with Gasteiger partial charge in [-0.2, -0.15) is 0 Å². The third-order valence-electron chi connectivity index (χ3n) is 5.36. The van der Waals surface area contributed by atoms with Crippen LogP contribution < -0.4 is 5.32 Å². The zero-order valence-electron chi connectivity index (χ0n) is 12.9. The Morgan fingerprint density at radius 3 is 3.00 bits per heavy atom. The molecule has 1 aliphatic heterocycles. The Bertz CT molecular complexity index is 578. The van der Waals surface area contributed by atoms with Crippen molar-refractivity contribution in [2.45, 2.75) is 32.2 Å². The van der Waals surface area contributed by atoms with Crippen LogP contribution in [0.5, 0.6) is 0 Å². The van der Waals surface area contributed by atoms with Gasteiger partial charge in [-0.05, 0) is 37.3 Å². The Balaban J connectivity index is 1.72. The quantitative estimate of drug-likeness (QED) is 0.931. The highest BCUT2D eigenvalue weighted by atomic mass is 19.2. The van der Waals surface area contributed by atoms with Crippen LogP contribution in [0.25, 0.3) is 0 Å². The number of hydrogen-bond donors (Lipinski definition) is 1. The van der Waals surface area contributed by atoms with Crippen LogP contribution in [0.4, 0.5) is 8.78 Å². The molecule has 0 radical (unpaired) electrons. The van der Waals surface area contributed by atoms with Crippen molar-refractivity contribution in [3.63, 3.8) is 0 Å². The molecule has 5 heteroatoms. The Hall–Kier alpha value is -1.49. The molecule has 0 aromatic heterocycles. The molecule has 1 aromatic rings. The Morgan fingerprint density at radius 1 is 1.41 bits per heavy atom. The van der Waals surface area contributed by atoms with Crippen molar-refractivity contribution in [1.82, 2.24) is 10.2 Å². The molecule has 2 fully saturated rings. The summed E-state index contributed by atoms with van der Waals surface area (Å²) in [6.45, 7) is 2.04. The predicted molar refractivity (Wildman–Crippen MR) is 80.1 cm³/mol. The number of carbonyl (C=O) groups excluding carboxylic acids is 1. The molecular formula is C17H22F2N2O. The van der Waals surface area contributed by atoms with E-state index in [2.05, 4.69) is 10.2 Å². The summed E-state index contributed by atoms with van der Waals surface area (Å²) < 4.78 is 27.1. The average molecular weight is 308 g/mol. The fourth-order valence-electron chi connectivity index (χ4n) is 4.24. The zero-order chi connectivity index (χ0) is 15.7. The van der Waals surface area contributed by atoms with E-state index in [1.807, 2.05) is 0 Å². The van der Waals surface area contributed by atoms with Gasteiger partial charge in [-0.3, -0.25) is 9.69 Å². The van der Waals surface area contributed by atoms with Crippen molar-refractivity contribution in [3.8, 4) is 0 Å². The fourth-order valence-corrected chi connectivity index (χ4v) is 4.24. The lowest BCUT2D eigenvalue weighted by atomic mass is 9.76. The molecular weight excluding hydrogens is 286 g/mol. The molecule has 120 valence electrons. The van der Waals surface area contributed by atoms with Gasteiger partial charge >= 0.3 is 0 Å². The Kier molecular flexibility index (Phi) is 4.17. The van der Waals surface area contributed by atoms with Gasteiger partial charge in [0.15, 0.2) is 11.6 Å². The fraction of sp³-hybridized carbons (Fsp3) is 0.588. The zero-order valence-corrected chi connectivity index (χ0v) is 12.9. The van der Waals surface area contributed by atoms with Crippen LogP contribution in [-0.4, -0.2) is 30.9 Å². The molecule has 2 aliphatic rings. The minimum atomic E-state index is -0.796. The van der Waals surface area contributed by atoms with E-state index in [1.165, 1.54) is 0 Å². The van der Waals surface area contributed by atoms with E-state index in [0.29, 0.717) is 12.1 Å². The second-order valence-corrected chi connectivity index (χ2v) is 6.60. The highest BCUT2D eigenvalue weighted by Gasteiger charge is 2.49. The minimum absolute atomic E-state index is 0.0178. The number of amides is 1. The molecule has 0 bridgehead atoms. The monoisotopic (exact) mass is 308 g/mol. The van der Waals surface area contributed by atoms with E-state index in [-0.39, 0.29) is 17.2 Å². The summed E-state index contributed by atoms with van der Waals surface area (Å²) in [7, 11) is 1.68. The van der Waals surface area contributed by atoms with E-state index in [9.17, 15) is 13.6 Å². The summed E-state index contributed by atoms with van der Waals surface area (Å²) in [5.41, 5.74) is 0.413. The van der Waals surface area contributed by atoms with Crippen molar-refractivity contribution < 1.29 is 13.6 Å². The Labute approximate surface area is 129 Å². The van der Waals surface area contributed by atoms with E-state index in [0.717, 1.165) is 44.8 Å². The van der Waals surface area contributed by atoms with Crippen molar-refractivity contribution in [3.05, 3.63) is 35.4 Å². The lowest BCUT2D eigenvalue weighted by Crippen LogP contribution is -2.39. The number of benzene rings is 1. The van der Waals surface area contributed by atoms with Gasteiger partial charge < -0.3 is 5.32 Å². The predicted octanol–water partition coefficient (Wildman–Crippen LogP) is 2.70. The number of hydrogen-bond acceptors (Lipinski definition) is 2. The lowest BCUT2D eigenvalue weighted by Gasteiger charge is -2.30. The topological polar surface area (TPSA) is 32.3 Å². The number of nitrogens with zero attached hydrogens (tertiary/aromatic N) is 1. The number of carbonyl (C=O) groups is 1. The summed E-state index contributed by atoms with van der Waals surface area (Å²) in [6.07, 6.45) is 4.01. The standard InChI is InChI=1S/C17H22F2N2O/c1-20-16(22)13-5-3-7-17(13)8-9-21(11-17)10-12-4-2-6-14(18)15(12)19/h2,4,6,13H,3,5,7-11H2,1H3,(H,20,22). The van der Waals surface area contributed by atoms with Crippen LogP contribution in [-0.2, 0) is 11.3 Å². The first-order valence-electron chi connectivity index (χ1n) is 7.92. The summed E-state index contributed by atoms with van der Waals surface area (Å²) in [6, 6.07) is 4.32. The third kappa shape index (κ3) is 2.62. The van der Waals surface area contributed by atoms with Gasteiger partial charge in [0.05, 0.1) is 0 Å². The van der Waals surface area contributed by atoms with Gasteiger partial charge in [0, 0.05) is 31.6 Å². The second kappa shape index (κ2) is 5.95. The normalized spacial score (nSPS) is 28.4. The summed E-state index contributed by atoms with van der Waals surface area (Å²) in [5.74, 6) is -1.37. The van der Waals surface area contributed by atoms with Gasteiger partial charge in [0.25, 0.3) is 0 Å². The summed E-state index contributed by atoms with van der Waals surface area (Å²) >= 11 is 0. The first kappa shape index (κ1) is 15.4. The molecule has 3 rings (SSSR count). The maximum Gasteiger partial charge on any atom is 0.223 e. The molecule has 1 saturated carbocycles. The van der Waals surface area contributed by atoms with Gasteiger partial charge in [0.1, 0.15) is 0 Å². The van der Waals surface area contributed by atoms with Crippen LogP contribution in [0, 0.1) is 23.0 Å². The summed E-state index contributed by atoms with van der Waals surface area (Å²) in [5, 5.41) is 2.77. The smallest absolute Gasteiger partial charge is 0.223 e. The number of nitrogens with one attached hydrogen (secondary N) is 1. The molecule has 1 N–H and O–H groups in total. The van der Waals surface area contributed by atoms with Gasteiger partial charge in [0.2, 0.25) is 5.91 Å². The second-order valence-electron chi connectivity index (χ2n) is 6.60. The first-order valence-corrected chi connectivity index (χ1v) is 7.92. The van der Waals surface area contributed by atoms with Crippen molar-refractivity contribution >= 4 is 5.91 Å². The molecule has 1 saturated heterocycles. The minimum Gasteiger partial charge on any atom is -0.359 e. The first-order chi connectivity index (χ1) is 10.6. The maximum atomic E-state index is 13.8. The number of rotatable bonds is 3. The van der Waals surface area contributed by atoms with Crippen LogP contribution >= 0.6 is 0 Å². The van der Waals surface area contributed by atoms with Gasteiger partial charge in [-0.1, -0.05) is 18.6 Å². The number of likely N-dealkylation sites (tertiary alicyclic amines) is 1. The van der Waals surface area contributed by atoms with Crippen LogP contribution in [0.1, 0.15) is 31.2 Å². The largest absolute Gasteiger partial charge is 0.359 e. The van der Waals surface area contributed by atoms with Crippen molar-refractivity contribution in [2.75, 3.05) is 20.1 Å². The molecule has 2 atom stereocenters. The Morgan fingerprint density at radius 2 is 2.23 bits per heavy atom. The molecule has 1 amide bonds. The molecule has 1 aliphatic carbocycles. The lowest BCUT2D eigenvalue weighted by molar-refractivity contribution is -0.127. The van der Waals surface area contributed by atoms with E-state index < -0.39 is 11.6 Å². The van der Waals surface area contributed by atoms with E-state index >= 15 is 0 Å². The van der Waals surface area contributed by atoms with E-state index in [4.69, 9.17) is 0 Å². The highest BCUT2D eigenvalue weighted by molar-refractivity contribution is 5.79. The van der Waals surface area contributed by atoms with Gasteiger partial charge in [-0.25, -0.2) is 8.78 Å². The molecule has 1 heterocycles. The maximum absolute atomic E-state index is 13.8. The van der Waals surface area contributed by atoms with Crippen LogP contribution in [0.3, 0.4) is 0 Å².